The summed E-state index contributed by atoms with van der Waals surface area (Å²) in [5, 5.41) is 0. The fourth-order valence-electron chi connectivity index (χ4n) is 2.72. The Morgan fingerprint density at radius 1 is 1.18 bits per heavy atom. The number of piperazine rings is 1. The SMILES string of the molecule is O=C(C1CC=CC1)N1CCN(C2CC2)C(=O)C1. The lowest BCUT2D eigenvalue weighted by atomic mass is 10.1. The molecule has 1 saturated carbocycles. The maximum absolute atomic E-state index is 12.2. The highest BCUT2D eigenvalue weighted by molar-refractivity contribution is 5.87. The molecule has 1 heterocycles. The van der Waals surface area contributed by atoms with Gasteiger partial charge in [0.25, 0.3) is 0 Å². The monoisotopic (exact) mass is 234 g/mol. The van der Waals surface area contributed by atoms with E-state index < -0.39 is 0 Å². The van der Waals surface area contributed by atoms with Gasteiger partial charge in [-0.15, -0.1) is 0 Å². The zero-order chi connectivity index (χ0) is 11.8. The number of amides is 2. The van der Waals surface area contributed by atoms with Gasteiger partial charge in [0.05, 0.1) is 6.54 Å². The smallest absolute Gasteiger partial charge is 0.242 e. The van der Waals surface area contributed by atoms with Gasteiger partial charge in [-0.25, -0.2) is 0 Å². The molecule has 0 aromatic rings. The first-order valence-corrected chi connectivity index (χ1v) is 6.49. The lowest BCUT2D eigenvalue weighted by molar-refractivity contribution is -0.147. The van der Waals surface area contributed by atoms with Crippen LogP contribution in [-0.2, 0) is 9.59 Å². The van der Waals surface area contributed by atoms with Crippen LogP contribution in [-0.4, -0.2) is 47.3 Å². The van der Waals surface area contributed by atoms with Gasteiger partial charge in [0.1, 0.15) is 0 Å². The Bertz CT molecular complexity index is 366. The number of carbonyl (C=O) groups is 2. The first kappa shape index (κ1) is 10.8. The Kier molecular flexibility index (Phi) is 2.65. The molecule has 1 aliphatic heterocycles. The number of allylic oxidation sites excluding steroid dienone is 2. The minimum atomic E-state index is 0.0928. The van der Waals surface area contributed by atoms with Crippen LogP contribution in [0.4, 0.5) is 0 Å². The third-order valence-electron chi connectivity index (χ3n) is 3.91. The van der Waals surface area contributed by atoms with E-state index in [-0.39, 0.29) is 17.7 Å². The molecule has 0 bridgehead atoms. The first-order chi connectivity index (χ1) is 8.25. The molecule has 3 aliphatic rings. The van der Waals surface area contributed by atoms with Crippen molar-refractivity contribution in [2.45, 2.75) is 31.7 Å². The number of hydrogen-bond donors (Lipinski definition) is 0. The van der Waals surface area contributed by atoms with Gasteiger partial charge < -0.3 is 9.80 Å². The molecule has 2 aliphatic carbocycles. The molecule has 0 atom stereocenters. The third kappa shape index (κ3) is 2.08. The second-order valence-electron chi connectivity index (χ2n) is 5.22. The molecule has 1 saturated heterocycles. The lowest BCUT2D eigenvalue weighted by Crippen LogP contribution is -2.54. The molecular weight excluding hydrogens is 216 g/mol. The van der Waals surface area contributed by atoms with Crippen molar-refractivity contribution in [3.63, 3.8) is 0 Å². The summed E-state index contributed by atoms with van der Waals surface area (Å²) in [5.41, 5.74) is 0. The normalized spacial score (nSPS) is 25.8. The van der Waals surface area contributed by atoms with E-state index in [9.17, 15) is 9.59 Å². The van der Waals surface area contributed by atoms with E-state index in [1.165, 1.54) is 0 Å². The average molecular weight is 234 g/mol. The van der Waals surface area contributed by atoms with Crippen molar-refractivity contribution < 1.29 is 9.59 Å². The Morgan fingerprint density at radius 3 is 2.47 bits per heavy atom. The highest BCUT2D eigenvalue weighted by Gasteiger charge is 2.37. The van der Waals surface area contributed by atoms with Gasteiger partial charge in [-0.1, -0.05) is 12.2 Å². The van der Waals surface area contributed by atoms with Gasteiger partial charge in [-0.05, 0) is 25.7 Å². The summed E-state index contributed by atoms with van der Waals surface area (Å²) in [6.45, 7) is 1.75. The first-order valence-electron chi connectivity index (χ1n) is 6.49. The zero-order valence-corrected chi connectivity index (χ0v) is 9.97. The average Bonchev–Trinajstić information content (AvgIpc) is 3.02. The van der Waals surface area contributed by atoms with Crippen molar-refractivity contribution in [2.24, 2.45) is 5.92 Å². The van der Waals surface area contributed by atoms with Gasteiger partial charge in [-0.2, -0.15) is 0 Å². The molecule has 4 nitrogen and oxygen atoms in total. The molecule has 0 N–H and O–H groups in total. The quantitative estimate of drug-likeness (QED) is 0.663. The van der Waals surface area contributed by atoms with Crippen LogP contribution in [0, 0.1) is 5.92 Å². The highest BCUT2D eigenvalue weighted by atomic mass is 16.2. The fraction of sp³-hybridized carbons (Fsp3) is 0.692. The van der Waals surface area contributed by atoms with Gasteiger partial charge in [0, 0.05) is 25.0 Å². The van der Waals surface area contributed by atoms with E-state index in [1.54, 1.807) is 4.90 Å². The van der Waals surface area contributed by atoms with E-state index in [1.807, 2.05) is 4.90 Å². The number of carbonyl (C=O) groups excluding carboxylic acids is 2. The zero-order valence-electron chi connectivity index (χ0n) is 9.97. The second kappa shape index (κ2) is 4.17. The van der Waals surface area contributed by atoms with E-state index in [2.05, 4.69) is 12.2 Å². The summed E-state index contributed by atoms with van der Waals surface area (Å²) in [5.74, 6) is 0.395. The predicted octanol–water partition coefficient (Wildman–Crippen LogP) is 0.786. The lowest BCUT2D eigenvalue weighted by Gasteiger charge is -2.35. The van der Waals surface area contributed by atoms with Gasteiger partial charge in [-0.3, -0.25) is 9.59 Å². The molecule has 2 amide bonds. The maximum atomic E-state index is 12.2. The van der Waals surface area contributed by atoms with E-state index >= 15 is 0 Å². The predicted molar refractivity (Wildman–Crippen MR) is 63.2 cm³/mol. The molecule has 0 unspecified atom stereocenters. The minimum Gasteiger partial charge on any atom is -0.336 e. The third-order valence-corrected chi connectivity index (χ3v) is 3.91. The van der Waals surface area contributed by atoms with Gasteiger partial charge in [0.15, 0.2) is 0 Å². The summed E-state index contributed by atoms with van der Waals surface area (Å²) < 4.78 is 0. The molecule has 0 spiro atoms. The van der Waals surface area contributed by atoms with Crippen molar-refractivity contribution >= 4 is 11.8 Å². The molecule has 0 aromatic heterocycles. The van der Waals surface area contributed by atoms with E-state index in [4.69, 9.17) is 0 Å². The van der Waals surface area contributed by atoms with E-state index in [0.717, 1.165) is 38.8 Å². The minimum absolute atomic E-state index is 0.0928. The molecule has 17 heavy (non-hydrogen) atoms. The van der Waals surface area contributed by atoms with E-state index in [0.29, 0.717) is 12.6 Å². The molecule has 2 fully saturated rings. The molecular formula is C13H18N2O2. The highest BCUT2D eigenvalue weighted by Crippen LogP contribution is 2.29. The van der Waals surface area contributed by atoms with Crippen molar-refractivity contribution in [1.82, 2.24) is 9.80 Å². The van der Waals surface area contributed by atoms with Crippen molar-refractivity contribution in [3.05, 3.63) is 12.2 Å². The topological polar surface area (TPSA) is 40.6 Å². The van der Waals surface area contributed by atoms with Crippen molar-refractivity contribution in [3.8, 4) is 0 Å². The van der Waals surface area contributed by atoms with Crippen LogP contribution in [0.5, 0.6) is 0 Å². The summed E-state index contributed by atoms with van der Waals surface area (Å²) in [6, 6.07) is 0.480. The van der Waals surface area contributed by atoms with Gasteiger partial charge in [0.2, 0.25) is 11.8 Å². The largest absolute Gasteiger partial charge is 0.336 e. The maximum Gasteiger partial charge on any atom is 0.242 e. The summed E-state index contributed by atoms with van der Waals surface area (Å²) in [6.07, 6.45) is 8.10. The standard InChI is InChI=1S/C13H18N2O2/c16-12-9-14(7-8-15(12)11-5-6-11)13(17)10-3-1-2-4-10/h1-2,10-11H,3-9H2. The molecule has 0 radical (unpaired) electrons. The van der Waals surface area contributed by atoms with Crippen LogP contribution in [0.2, 0.25) is 0 Å². The van der Waals surface area contributed by atoms with Crippen LogP contribution in [0.3, 0.4) is 0 Å². The number of rotatable bonds is 2. The van der Waals surface area contributed by atoms with Crippen LogP contribution in [0.25, 0.3) is 0 Å². The van der Waals surface area contributed by atoms with Gasteiger partial charge >= 0.3 is 0 Å². The number of hydrogen-bond acceptors (Lipinski definition) is 2. The molecule has 0 aromatic carbocycles. The summed E-state index contributed by atoms with van der Waals surface area (Å²) >= 11 is 0. The van der Waals surface area contributed by atoms with Crippen LogP contribution in [0.15, 0.2) is 12.2 Å². The Morgan fingerprint density at radius 2 is 1.88 bits per heavy atom. The van der Waals surface area contributed by atoms with Crippen LogP contribution < -0.4 is 0 Å². The molecule has 3 rings (SSSR count). The molecule has 92 valence electrons. The van der Waals surface area contributed by atoms with Crippen molar-refractivity contribution in [2.75, 3.05) is 19.6 Å². The summed E-state index contributed by atoms with van der Waals surface area (Å²) in [7, 11) is 0. The van der Waals surface area contributed by atoms with Crippen molar-refractivity contribution in [1.29, 1.82) is 0 Å². The Hall–Kier alpha value is -1.32. The van der Waals surface area contributed by atoms with Crippen LogP contribution in [0.1, 0.15) is 25.7 Å². The van der Waals surface area contributed by atoms with Crippen LogP contribution >= 0.6 is 0 Å². The Balaban J connectivity index is 1.58. The molecule has 4 heteroatoms. The number of nitrogens with zero attached hydrogens (tertiary/aromatic N) is 2. The summed E-state index contributed by atoms with van der Waals surface area (Å²) in [4.78, 5) is 27.8. The Labute approximate surface area is 101 Å². The fourth-order valence-corrected chi connectivity index (χ4v) is 2.72. The second-order valence-corrected chi connectivity index (χ2v) is 5.22.